The number of morpholine rings is 1. The molecule has 34 heavy (non-hydrogen) atoms. The van der Waals surface area contributed by atoms with Gasteiger partial charge in [0, 0.05) is 24.8 Å². The number of amides is 1. The van der Waals surface area contributed by atoms with Crippen LogP contribution in [0.5, 0.6) is 5.75 Å². The minimum Gasteiger partial charge on any atom is -0.495 e. The number of hydrogen-bond acceptors (Lipinski definition) is 7. The van der Waals surface area contributed by atoms with E-state index < -0.39 is 18.0 Å². The first-order valence-electron chi connectivity index (χ1n) is 11.1. The maximum atomic E-state index is 13.2. The number of aromatic nitrogens is 1. The van der Waals surface area contributed by atoms with Gasteiger partial charge in [0.15, 0.2) is 0 Å². The van der Waals surface area contributed by atoms with E-state index in [4.69, 9.17) is 14.2 Å². The summed E-state index contributed by atoms with van der Waals surface area (Å²) in [5, 5.41) is 2.83. The van der Waals surface area contributed by atoms with E-state index >= 15 is 0 Å². The molecular weight excluding hydrogens is 434 g/mol. The number of aryl methyl sites for hydroxylation is 1. The van der Waals surface area contributed by atoms with Gasteiger partial charge >= 0.3 is 5.97 Å². The molecule has 1 fully saturated rings. The van der Waals surface area contributed by atoms with Gasteiger partial charge in [-0.05, 0) is 36.8 Å². The van der Waals surface area contributed by atoms with Crippen LogP contribution in [0, 0.1) is 6.92 Å². The molecule has 176 valence electrons. The van der Waals surface area contributed by atoms with Crippen LogP contribution < -0.4 is 15.0 Å². The molecule has 2 heterocycles. The summed E-state index contributed by atoms with van der Waals surface area (Å²) < 4.78 is 16.4. The van der Waals surface area contributed by atoms with Crippen molar-refractivity contribution in [2.24, 2.45) is 0 Å². The van der Waals surface area contributed by atoms with E-state index in [0.717, 1.165) is 24.5 Å². The summed E-state index contributed by atoms with van der Waals surface area (Å²) in [4.78, 5) is 32.7. The molecule has 1 amide bonds. The Kier molecular flexibility index (Phi) is 7.39. The van der Waals surface area contributed by atoms with Gasteiger partial charge < -0.3 is 24.4 Å². The molecule has 1 atom stereocenters. The summed E-state index contributed by atoms with van der Waals surface area (Å²) in [5.74, 6) is 0.159. The summed E-state index contributed by atoms with van der Waals surface area (Å²) in [6.07, 6.45) is 0.314. The lowest BCUT2D eigenvalue weighted by atomic mass is 10.1. The van der Waals surface area contributed by atoms with Crippen LogP contribution in [0.15, 0.2) is 66.9 Å². The highest BCUT2D eigenvalue weighted by Crippen LogP contribution is 2.28. The molecule has 0 saturated carbocycles. The fourth-order valence-electron chi connectivity index (χ4n) is 3.68. The summed E-state index contributed by atoms with van der Waals surface area (Å²) in [7, 11) is 1.53. The van der Waals surface area contributed by atoms with Gasteiger partial charge in [-0.1, -0.05) is 36.4 Å². The Hall–Kier alpha value is -3.91. The smallest absolute Gasteiger partial charge is 0.340 e. The topological polar surface area (TPSA) is 90.0 Å². The van der Waals surface area contributed by atoms with Crippen molar-refractivity contribution in [3.63, 3.8) is 0 Å². The Bertz CT molecular complexity index is 1130. The van der Waals surface area contributed by atoms with E-state index in [0.29, 0.717) is 30.2 Å². The van der Waals surface area contributed by atoms with Crippen molar-refractivity contribution in [3.05, 3.63) is 83.6 Å². The van der Waals surface area contributed by atoms with E-state index in [1.54, 1.807) is 48.5 Å². The minimum absolute atomic E-state index is 0.263. The third kappa shape index (κ3) is 5.52. The number of nitrogens with zero attached hydrogens (tertiary/aromatic N) is 2. The van der Waals surface area contributed by atoms with Crippen LogP contribution >= 0.6 is 0 Å². The van der Waals surface area contributed by atoms with Gasteiger partial charge in [0.25, 0.3) is 5.91 Å². The molecule has 0 radical (unpaired) electrons. The number of esters is 1. The average Bonchev–Trinajstić information content (AvgIpc) is 2.88. The molecule has 2 aromatic carbocycles. The zero-order chi connectivity index (χ0) is 23.9. The number of carbonyl (C=O) groups is 2. The molecular formula is C26H27N3O5. The number of hydrogen-bond donors (Lipinski definition) is 1. The fraction of sp³-hybridized carbons (Fsp3) is 0.269. The molecule has 1 aliphatic heterocycles. The number of nitrogens with one attached hydrogen (secondary N) is 1. The molecule has 8 heteroatoms. The van der Waals surface area contributed by atoms with Crippen molar-refractivity contribution in [2.75, 3.05) is 43.6 Å². The van der Waals surface area contributed by atoms with Gasteiger partial charge in [0.1, 0.15) is 11.6 Å². The predicted octanol–water partition coefficient (Wildman–Crippen LogP) is 3.77. The monoisotopic (exact) mass is 461 g/mol. The Morgan fingerprint density at radius 1 is 1.06 bits per heavy atom. The van der Waals surface area contributed by atoms with Crippen molar-refractivity contribution in [3.8, 4) is 5.75 Å². The lowest BCUT2D eigenvalue weighted by Crippen LogP contribution is -2.36. The molecule has 0 bridgehead atoms. The second-order valence-electron chi connectivity index (χ2n) is 7.89. The highest BCUT2D eigenvalue weighted by molar-refractivity contribution is 5.99. The predicted molar refractivity (Wildman–Crippen MR) is 128 cm³/mol. The van der Waals surface area contributed by atoms with Gasteiger partial charge in [0.05, 0.1) is 31.6 Å². The zero-order valence-corrected chi connectivity index (χ0v) is 19.2. The van der Waals surface area contributed by atoms with Crippen LogP contribution in [-0.2, 0) is 14.3 Å². The second kappa shape index (κ2) is 10.8. The molecule has 1 aromatic heterocycles. The quantitative estimate of drug-likeness (QED) is 0.536. The second-order valence-corrected chi connectivity index (χ2v) is 7.89. The van der Waals surface area contributed by atoms with Crippen molar-refractivity contribution in [2.45, 2.75) is 13.0 Å². The fourth-order valence-corrected chi connectivity index (χ4v) is 3.68. The number of anilines is 2. The summed E-state index contributed by atoms with van der Waals surface area (Å²) in [6.45, 7) is 4.69. The zero-order valence-electron chi connectivity index (χ0n) is 19.2. The molecule has 4 rings (SSSR count). The molecule has 0 spiro atoms. The molecule has 1 saturated heterocycles. The first kappa shape index (κ1) is 23.3. The highest BCUT2D eigenvalue weighted by Gasteiger charge is 2.27. The third-order valence-corrected chi connectivity index (χ3v) is 5.50. The number of methoxy groups -OCH3 is 1. The maximum absolute atomic E-state index is 13.2. The van der Waals surface area contributed by atoms with E-state index in [2.05, 4.69) is 15.2 Å². The van der Waals surface area contributed by atoms with Crippen molar-refractivity contribution < 1.29 is 23.8 Å². The summed E-state index contributed by atoms with van der Waals surface area (Å²) >= 11 is 0. The van der Waals surface area contributed by atoms with Crippen LogP contribution in [0.25, 0.3) is 0 Å². The van der Waals surface area contributed by atoms with E-state index in [9.17, 15) is 9.59 Å². The van der Waals surface area contributed by atoms with Gasteiger partial charge in [-0.25, -0.2) is 9.78 Å². The van der Waals surface area contributed by atoms with Gasteiger partial charge in [0.2, 0.25) is 6.10 Å². The maximum Gasteiger partial charge on any atom is 0.340 e. The Morgan fingerprint density at radius 3 is 2.50 bits per heavy atom. The van der Waals surface area contributed by atoms with Crippen LogP contribution in [0.1, 0.15) is 27.6 Å². The van der Waals surface area contributed by atoms with Gasteiger partial charge in [-0.3, -0.25) is 4.79 Å². The van der Waals surface area contributed by atoms with Gasteiger partial charge in [-0.15, -0.1) is 0 Å². The molecule has 0 unspecified atom stereocenters. The van der Waals surface area contributed by atoms with Crippen molar-refractivity contribution in [1.29, 1.82) is 0 Å². The van der Waals surface area contributed by atoms with Gasteiger partial charge in [-0.2, -0.15) is 0 Å². The summed E-state index contributed by atoms with van der Waals surface area (Å²) in [6, 6.07) is 17.8. The Balaban J connectivity index is 1.53. The van der Waals surface area contributed by atoms with Crippen LogP contribution in [0.4, 0.5) is 11.5 Å². The van der Waals surface area contributed by atoms with Crippen LogP contribution in [-0.4, -0.2) is 50.3 Å². The lowest BCUT2D eigenvalue weighted by molar-refractivity contribution is -0.125. The largest absolute Gasteiger partial charge is 0.495 e. The minimum atomic E-state index is -1.15. The molecule has 8 nitrogen and oxygen atoms in total. The molecule has 0 aliphatic carbocycles. The Labute approximate surface area is 198 Å². The number of carbonyl (C=O) groups excluding carboxylic acids is 2. The highest BCUT2D eigenvalue weighted by atomic mass is 16.5. The molecule has 3 aromatic rings. The normalized spacial score (nSPS) is 14.2. The Morgan fingerprint density at radius 2 is 1.82 bits per heavy atom. The lowest BCUT2D eigenvalue weighted by Gasteiger charge is -2.27. The van der Waals surface area contributed by atoms with Crippen molar-refractivity contribution >= 4 is 23.4 Å². The standard InChI is InChI=1S/C26H27N3O5/c1-18-8-10-22(32-2)21(16-18)28-25(30)24(19-6-4-3-5-7-19)34-26(31)20-9-11-23(27-17-20)29-12-14-33-15-13-29/h3-11,16-17,24H,12-15H2,1-2H3,(H,28,30)/t24-/m1/s1. The first-order chi connectivity index (χ1) is 16.5. The third-order valence-electron chi connectivity index (χ3n) is 5.50. The van der Waals surface area contributed by atoms with E-state index in [-0.39, 0.29) is 5.56 Å². The van der Waals surface area contributed by atoms with E-state index in [1.807, 2.05) is 19.1 Å². The number of rotatable bonds is 7. The van der Waals surface area contributed by atoms with Crippen LogP contribution in [0.3, 0.4) is 0 Å². The van der Waals surface area contributed by atoms with Crippen LogP contribution in [0.2, 0.25) is 0 Å². The number of pyridine rings is 1. The average molecular weight is 462 g/mol. The number of benzene rings is 2. The SMILES string of the molecule is COc1ccc(C)cc1NC(=O)[C@H](OC(=O)c1ccc(N2CCOCC2)nc1)c1ccccc1. The summed E-state index contributed by atoms with van der Waals surface area (Å²) in [5.41, 5.74) is 2.27. The molecule has 1 N–H and O–H groups in total. The first-order valence-corrected chi connectivity index (χ1v) is 11.1. The van der Waals surface area contributed by atoms with E-state index in [1.165, 1.54) is 13.3 Å². The number of ether oxygens (including phenoxy) is 3. The van der Waals surface area contributed by atoms with Crippen molar-refractivity contribution in [1.82, 2.24) is 4.98 Å². The molecule has 1 aliphatic rings.